The van der Waals surface area contributed by atoms with E-state index in [4.69, 9.17) is 0 Å². The molecule has 0 radical (unpaired) electrons. The van der Waals surface area contributed by atoms with Crippen LogP contribution in [0.25, 0.3) is 0 Å². The summed E-state index contributed by atoms with van der Waals surface area (Å²) in [5, 5.41) is 3.03. The topological polar surface area (TPSA) is 29.1 Å². The predicted molar refractivity (Wildman–Crippen MR) is 92.5 cm³/mol. The zero-order chi connectivity index (χ0) is 15.0. The van der Waals surface area contributed by atoms with Crippen LogP contribution < -0.4 is 5.32 Å². The van der Waals surface area contributed by atoms with Crippen LogP contribution in [-0.4, -0.2) is 5.91 Å². The molecule has 0 atom stereocenters. The summed E-state index contributed by atoms with van der Waals surface area (Å²) in [7, 11) is 0. The number of carbonyl (C=O) groups is 1. The van der Waals surface area contributed by atoms with E-state index in [1.165, 1.54) is 23.3 Å². The van der Waals surface area contributed by atoms with Gasteiger partial charge in [-0.25, -0.2) is 0 Å². The molecule has 1 aliphatic rings. The Balaban J connectivity index is 1.81. The van der Waals surface area contributed by atoms with Crippen LogP contribution in [-0.2, 0) is 12.8 Å². The molecular weight excluding hydrogens is 346 g/mol. The zero-order valence-electron chi connectivity index (χ0n) is 12.3. The van der Waals surface area contributed by atoms with Crippen LogP contribution >= 0.6 is 27.3 Å². The average molecular weight is 364 g/mol. The minimum absolute atomic E-state index is 0.00974. The molecule has 0 aliphatic heterocycles. The van der Waals surface area contributed by atoms with Gasteiger partial charge in [-0.05, 0) is 74.4 Å². The van der Waals surface area contributed by atoms with Gasteiger partial charge in [-0.3, -0.25) is 4.79 Å². The molecule has 1 aromatic carbocycles. The highest BCUT2D eigenvalue weighted by Crippen LogP contribution is 2.31. The molecule has 3 rings (SSSR count). The van der Waals surface area contributed by atoms with E-state index >= 15 is 0 Å². The van der Waals surface area contributed by atoms with Crippen molar-refractivity contribution in [2.24, 2.45) is 0 Å². The first-order valence-corrected chi connectivity index (χ1v) is 8.85. The number of thiophene rings is 1. The summed E-state index contributed by atoms with van der Waals surface area (Å²) in [5.74, 6) is 0.00974. The molecule has 2 nitrogen and oxygen atoms in total. The van der Waals surface area contributed by atoms with Crippen LogP contribution in [0.2, 0.25) is 0 Å². The standard InChI is InChI=1S/C17H18BrNOS/c1-10-7-13(8-11(2)16(10)18)19-17(20)15-9-12-5-3-4-6-14(12)21-15/h7-9H,3-6H2,1-2H3,(H,19,20). The van der Waals surface area contributed by atoms with Crippen LogP contribution in [0.4, 0.5) is 5.69 Å². The molecule has 2 aromatic rings. The molecule has 0 bridgehead atoms. The van der Waals surface area contributed by atoms with Gasteiger partial charge in [0.1, 0.15) is 0 Å². The smallest absolute Gasteiger partial charge is 0.265 e. The summed E-state index contributed by atoms with van der Waals surface area (Å²) in [6, 6.07) is 6.08. The molecule has 0 unspecified atom stereocenters. The van der Waals surface area contributed by atoms with Gasteiger partial charge >= 0.3 is 0 Å². The summed E-state index contributed by atoms with van der Waals surface area (Å²) in [4.78, 5) is 14.7. The zero-order valence-corrected chi connectivity index (χ0v) is 14.7. The molecule has 0 saturated heterocycles. The highest BCUT2D eigenvalue weighted by Gasteiger charge is 2.17. The quantitative estimate of drug-likeness (QED) is 0.774. The monoisotopic (exact) mass is 363 g/mol. The maximum Gasteiger partial charge on any atom is 0.265 e. The van der Waals surface area contributed by atoms with Gasteiger partial charge in [0.15, 0.2) is 0 Å². The van der Waals surface area contributed by atoms with Crippen LogP contribution in [0.3, 0.4) is 0 Å². The number of hydrogen-bond acceptors (Lipinski definition) is 2. The third-order valence-electron chi connectivity index (χ3n) is 3.91. The number of nitrogens with one attached hydrogen (secondary N) is 1. The highest BCUT2D eigenvalue weighted by molar-refractivity contribution is 9.10. The van der Waals surface area contributed by atoms with E-state index < -0.39 is 0 Å². The third-order valence-corrected chi connectivity index (χ3v) is 6.40. The van der Waals surface area contributed by atoms with E-state index in [9.17, 15) is 4.79 Å². The first-order valence-electron chi connectivity index (χ1n) is 7.24. The predicted octanol–water partition coefficient (Wildman–Crippen LogP) is 5.26. The van der Waals surface area contributed by atoms with Crippen molar-refractivity contribution in [3.8, 4) is 0 Å². The molecule has 0 fully saturated rings. The van der Waals surface area contributed by atoms with E-state index in [-0.39, 0.29) is 5.91 Å². The van der Waals surface area contributed by atoms with Crippen molar-refractivity contribution >= 4 is 38.9 Å². The maximum atomic E-state index is 12.4. The minimum Gasteiger partial charge on any atom is -0.321 e. The van der Waals surface area contributed by atoms with Crippen LogP contribution in [0, 0.1) is 13.8 Å². The fraction of sp³-hybridized carbons (Fsp3) is 0.353. The fourth-order valence-corrected chi connectivity index (χ4v) is 4.19. The second-order valence-corrected chi connectivity index (χ2v) is 7.57. The van der Waals surface area contributed by atoms with Gasteiger partial charge in [-0.1, -0.05) is 15.9 Å². The molecular formula is C17H18BrNOS. The van der Waals surface area contributed by atoms with Crippen molar-refractivity contribution in [3.63, 3.8) is 0 Å². The molecule has 0 saturated carbocycles. The molecule has 0 spiro atoms. The Hall–Kier alpha value is -1.13. The Morgan fingerprint density at radius 3 is 2.48 bits per heavy atom. The highest BCUT2D eigenvalue weighted by atomic mass is 79.9. The second kappa shape index (κ2) is 5.93. The molecule has 1 heterocycles. The maximum absolute atomic E-state index is 12.4. The lowest BCUT2D eigenvalue weighted by Gasteiger charge is -2.09. The Morgan fingerprint density at radius 2 is 1.81 bits per heavy atom. The Morgan fingerprint density at radius 1 is 1.14 bits per heavy atom. The van der Waals surface area contributed by atoms with Crippen molar-refractivity contribution in [3.05, 3.63) is 49.1 Å². The Labute approximate surface area is 137 Å². The molecule has 4 heteroatoms. The average Bonchev–Trinajstić information content (AvgIpc) is 2.88. The van der Waals surface area contributed by atoms with Gasteiger partial charge in [-0.2, -0.15) is 0 Å². The number of halogens is 1. The van der Waals surface area contributed by atoms with E-state index in [1.807, 2.05) is 26.0 Å². The van der Waals surface area contributed by atoms with Crippen LogP contribution in [0.15, 0.2) is 22.7 Å². The number of aryl methyl sites for hydroxylation is 4. The van der Waals surface area contributed by atoms with Gasteiger partial charge in [-0.15, -0.1) is 11.3 Å². The summed E-state index contributed by atoms with van der Waals surface area (Å²) in [6.07, 6.45) is 4.75. The van der Waals surface area contributed by atoms with E-state index in [0.717, 1.165) is 39.0 Å². The lowest BCUT2D eigenvalue weighted by atomic mass is 9.99. The summed E-state index contributed by atoms with van der Waals surface area (Å²) in [6.45, 7) is 4.08. The van der Waals surface area contributed by atoms with Crippen molar-refractivity contribution in [1.82, 2.24) is 0 Å². The normalized spacial score (nSPS) is 13.9. The number of benzene rings is 1. The second-order valence-electron chi connectivity index (χ2n) is 5.64. The van der Waals surface area contributed by atoms with Crippen LogP contribution in [0.1, 0.15) is 44.1 Å². The van der Waals surface area contributed by atoms with Gasteiger partial charge in [0.25, 0.3) is 5.91 Å². The van der Waals surface area contributed by atoms with E-state index in [1.54, 1.807) is 11.3 Å². The third kappa shape index (κ3) is 3.06. The van der Waals surface area contributed by atoms with E-state index in [2.05, 4.69) is 27.3 Å². The Bertz CT molecular complexity index is 658. The number of anilines is 1. The number of fused-ring (bicyclic) bond motifs is 1. The van der Waals surface area contributed by atoms with Crippen molar-refractivity contribution in [2.45, 2.75) is 39.5 Å². The molecule has 1 N–H and O–H groups in total. The van der Waals surface area contributed by atoms with Gasteiger partial charge in [0.05, 0.1) is 4.88 Å². The number of amides is 1. The van der Waals surface area contributed by atoms with E-state index in [0.29, 0.717) is 0 Å². The van der Waals surface area contributed by atoms with Crippen LogP contribution in [0.5, 0.6) is 0 Å². The SMILES string of the molecule is Cc1cc(NC(=O)c2cc3c(s2)CCCC3)cc(C)c1Br. The summed E-state index contributed by atoms with van der Waals surface area (Å²) < 4.78 is 1.10. The van der Waals surface area contributed by atoms with Crippen molar-refractivity contribution in [1.29, 1.82) is 0 Å². The minimum atomic E-state index is 0.00974. The lowest BCUT2D eigenvalue weighted by molar-refractivity contribution is 0.103. The number of rotatable bonds is 2. The first kappa shape index (κ1) is 14.8. The fourth-order valence-electron chi connectivity index (χ4n) is 2.81. The van der Waals surface area contributed by atoms with Crippen molar-refractivity contribution in [2.75, 3.05) is 5.32 Å². The summed E-state index contributed by atoms with van der Waals surface area (Å²) in [5.41, 5.74) is 4.51. The van der Waals surface area contributed by atoms with Gasteiger partial charge in [0.2, 0.25) is 0 Å². The molecule has 21 heavy (non-hydrogen) atoms. The molecule has 1 aromatic heterocycles. The molecule has 1 aliphatic carbocycles. The van der Waals surface area contributed by atoms with Gasteiger partial charge in [0, 0.05) is 15.0 Å². The molecule has 1 amide bonds. The Kier molecular flexibility index (Phi) is 4.18. The summed E-state index contributed by atoms with van der Waals surface area (Å²) >= 11 is 5.21. The van der Waals surface area contributed by atoms with Gasteiger partial charge < -0.3 is 5.32 Å². The first-order chi connectivity index (χ1) is 10.0. The lowest BCUT2D eigenvalue weighted by Crippen LogP contribution is -2.10. The largest absolute Gasteiger partial charge is 0.321 e. The molecule has 110 valence electrons. The number of carbonyl (C=O) groups excluding carboxylic acids is 1. The van der Waals surface area contributed by atoms with Crippen molar-refractivity contribution < 1.29 is 4.79 Å². The number of hydrogen-bond donors (Lipinski definition) is 1.